The van der Waals surface area contributed by atoms with E-state index in [9.17, 15) is 9.59 Å². The molecule has 140 valence electrons. The highest BCUT2D eigenvalue weighted by molar-refractivity contribution is 7.10. The van der Waals surface area contributed by atoms with Crippen molar-refractivity contribution in [2.45, 2.75) is 26.4 Å². The van der Waals surface area contributed by atoms with E-state index in [1.807, 2.05) is 35.5 Å². The summed E-state index contributed by atoms with van der Waals surface area (Å²) in [6, 6.07) is 11.3. The van der Waals surface area contributed by atoms with Crippen LogP contribution in [0.1, 0.15) is 40.7 Å². The predicted octanol–water partition coefficient (Wildman–Crippen LogP) is 3.48. The minimum atomic E-state index is -0.349. The van der Waals surface area contributed by atoms with E-state index >= 15 is 0 Å². The van der Waals surface area contributed by atoms with Crippen LogP contribution in [0.4, 0.5) is 0 Å². The SMILES string of the molecule is COC(=O)c1ccc(CN(C)CC(=O)N[C@@H](c2cccs2)C(C)C)cc1. The first-order valence-electron chi connectivity index (χ1n) is 8.59. The van der Waals surface area contributed by atoms with E-state index in [0.29, 0.717) is 24.6 Å². The van der Waals surface area contributed by atoms with Crippen LogP contribution in [0.5, 0.6) is 0 Å². The van der Waals surface area contributed by atoms with Crippen LogP contribution in [-0.4, -0.2) is 37.5 Å². The fourth-order valence-corrected chi connectivity index (χ4v) is 3.68. The molecule has 1 heterocycles. The van der Waals surface area contributed by atoms with Gasteiger partial charge in [0.2, 0.25) is 5.91 Å². The van der Waals surface area contributed by atoms with Crippen molar-refractivity contribution < 1.29 is 14.3 Å². The third-order valence-electron chi connectivity index (χ3n) is 4.07. The van der Waals surface area contributed by atoms with Crippen LogP contribution in [0.15, 0.2) is 41.8 Å². The van der Waals surface area contributed by atoms with Gasteiger partial charge in [-0.2, -0.15) is 0 Å². The Bertz CT molecular complexity index is 711. The molecule has 0 radical (unpaired) electrons. The number of hydrogen-bond donors (Lipinski definition) is 1. The van der Waals surface area contributed by atoms with Crippen LogP contribution in [0.25, 0.3) is 0 Å². The molecule has 6 heteroatoms. The van der Waals surface area contributed by atoms with E-state index in [4.69, 9.17) is 4.74 Å². The number of amides is 1. The van der Waals surface area contributed by atoms with Crippen molar-refractivity contribution in [2.75, 3.05) is 20.7 Å². The Balaban J connectivity index is 1.89. The van der Waals surface area contributed by atoms with Crippen molar-refractivity contribution in [1.29, 1.82) is 0 Å². The smallest absolute Gasteiger partial charge is 0.337 e. The van der Waals surface area contributed by atoms with Gasteiger partial charge in [-0.25, -0.2) is 4.79 Å². The number of nitrogens with zero attached hydrogens (tertiary/aromatic N) is 1. The molecule has 0 spiro atoms. The van der Waals surface area contributed by atoms with Gasteiger partial charge < -0.3 is 10.1 Å². The molecular formula is C20H26N2O3S. The second-order valence-electron chi connectivity index (χ2n) is 6.67. The van der Waals surface area contributed by atoms with Gasteiger partial charge in [-0.1, -0.05) is 32.0 Å². The van der Waals surface area contributed by atoms with E-state index in [-0.39, 0.29) is 17.9 Å². The molecule has 1 N–H and O–H groups in total. The maximum absolute atomic E-state index is 12.4. The highest BCUT2D eigenvalue weighted by Crippen LogP contribution is 2.25. The second kappa shape index (κ2) is 9.50. The van der Waals surface area contributed by atoms with Gasteiger partial charge in [0.25, 0.3) is 0 Å². The Morgan fingerprint density at radius 3 is 2.42 bits per heavy atom. The highest BCUT2D eigenvalue weighted by Gasteiger charge is 2.19. The number of methoxy groups -OCH3 is 1. The van der Waals surface area contributed by atoms with Crippen LogP contribution in [-0.2, 0) is 16.1 Å². The molecule has 2 aromatic rings. The number of thiophene rings is 1. The van der Waals surface area contributed by atoms with Crippen LogP contribution in [0.3, 0.4) is 0 Å². The molecule has 0 unspecified atom stereocenters. The first kappa shape index (κ1) is 20.1. The number of rotatable bonds is 8. The largest absolute Gasteiger partial charge is 0.465 e. The van der Waals surface area contributed by atoms with Gasteiger partial charge in [0, 0.05) is 11.4 Å². The van der Waals surface area contributed by atoms with Crippen molar-refractivity contribution in [3.8, 4) is 0 Å². The van der Waals surface area contributed by atoms with Gasteiger partial charge >= 0.3 is 5.97 Å². The number of nitrogens with one attached hydrogen (secondary N) is 1. The number of benzene rings is 1. The van der Waals surface area contributed by atoms with Gasteiger partial charge in [-0.05, 0) is 42.1 Å². The lowest BCUT2D eigenvalue weighted by atomic mass is 10.0. The maximum atomic E-state index is 12.4. The summed E-state index contributed by atoms with van der Waals surface area (Å²) in [5, 5.41) is 5.16. The maximum Gasteiger partial charge on any atom is 0.337 e. The summed E-state index contributed by atoms with van der Waals surface area (Å²) < 4.78 is 4.70. The van der Waals surface area contributed by atoms with Gasteiger partial charge in [-0.15, -0.1) is 11.3 Å². The summed E-state index contributed by atoms with van der Waals surface area (Å²) in [6.45, 7) is 5.15. The Kier molecular flexibility index (Phi) is 7.36. The van der Waals surface area contributed by atoms with E-state index in [0.717, 1.165) is 5.56 Å². The molecule has 1 aromatic carbocycles. The molecule has 2 rings (SSSR count). The highest BCUT2D eigenvalue weighted by atomic mass is 32.1. The van der Waals surface area contributed by atoms with Gasteiger partial charge in [0.05, 0.1) is 25.3 Å². The topological polar surface area (TPSA) is 58.6 Å². The minimum Gasteiger partial charge on any atom is -0.465 e. The predicted molar refractivity (Wildman–Crippen MR) is 104 cm³/mol. The van der Waals surface area contributed by atoms with E-state index in [2.05, 4.69) is 25.2 Å². The van der Waals surface area contributed by atoms with Crippen LogP contribution in [0, 0.1) is 5.92 Å². The van der Waals surface area contributed by atoms with Crippen LogP contribution < -0.4 is 5.32 Å². The fourth-order valence-electron chi connectivity index (χ4n) is 2.73. The zero-order valence-corrected chi connectivity index (χ0v) is 16.5. The number of esters is 1. The minimum absolute atomic E-state index is 0.00535. The molecule has 1 amide bonds. The number of ether oxygens (including phenoxy) is 1. The Labute approximate surface area is 159 Å². The zero-order valence-electron chi connectivity index (χ0n) is 15.7. The van der Waals surface area contributed by atoms with E-state index in [1.165, 1.54) is 12.0 Å². The molecule has 5 nitrogen and oxygen atoms in total. The van der Waals surface area contributed by atoms with Crippen molar-refractivity contribution in [1.82, 2.24) is 10.2 Å². The summed E-state index contributed by atoms with van der Waals surface area (Å²) in [5.74, 6) is -0.0165. The van der Waals surface area contributed by atoms with E-state index < -0.39 is 0 Å². The molecule has 0 saturated heterocycles. The molecule has 26 heavy (non-hydrogen) atoms. The normalized spacial score (nSPS) is 12.2. The van der Waals surface area contributed by atoms with Gasteiger partial charge in [0.15, 0.2) is 0 Å². The Hall–Kier alpha value is -2.18. The average Bonchev–Trinajstić information content (AvgIpc) is 3.13. The lowest BCUT2D eigenvalue weighted by molar-refractivity contribution is -0.123. The summed E-state index contributed by atoms with van der Waals surface area (Å²) in [6.07, 6.45) is 0. The molecule has 0 aliphatic rings. The summed E-state index contributed by atoms with van der Waals surface area (Å²) >= 11 is 1.66. The summed E-state index contributed by atoms with van der Waals surface area (Å²) in [4.78, 5) is 27.0. The standard InChI is InChI=1S/C20H26N2O3S/c1-14(2)19(17-6-5-11-26-17)21-18(23)13-22(3)12-15-7-9-16(10-8-15)20(24)25-4/h5-11,14,19H,12-13H2,1-4H3,(H,21,23)/t19-/m1/s1. The molecule has 0 saturated carbocycles. The van der Waals surface area contributed by atoms with Crippen molar-refractivity contribution >= 4 is 23.2 Å². The number of likely N-dealkylation sites (N-methyl/N-ethyl adjacent to an activating group) is 1. The summed E-state index contributed by atoms with van der Waals surface area (Å²) in [7, 11) is 3.27. The molecule has 0 fully saturated rings. The van der Waals surface area contributed by atoms with Gasteiger partial charge in [0.1, 0.15) is 0 Å². The van der Waals surface area contributed by atoms with Gasteiger partial charge in [-0.3, -0.25) is 9.69 Å². The van der Waals surface area contributed by atoms with Crippen LogP contribution >= 0.6 is 11.3 Å². The molecule has 0 bridgehead atoms. The number of carbonyl (C=O) groups is 2. The Morgan fingerprint density at radius 1 is 1.19 bits per heavy atom. The van der Waals surface area contributed by atoms with Crippen molar-refractivity contribution in [3.05, 3.63) is 57.8 Å². The summed E-state index contributed by atoms with van der Waals surface area (Å²) in [5.41, 5.74) is 1.55. The van der Waals surface area contributed by atoms with Crippen molar-refractivity contribution in [3.63, 3.8) is 0 Å². The molecular weight excluding hydrogens is 348 g/mol. The third-order valence-corrected chi connectivity index (χ3v) is 5.03. The molecule has 0 aliphatic heterocycles. The third kappa shape index (κ3) is 5.68. The zero-order chi connectivity index (χ0) is 19.1. The number of carbonyl (C=O) groups excluding carboxylic acids is 2. The van der Waals surface area contributed by atoms with E-state index in [1.54, 1.807) is 23.5 Å². The first-order valence-corrected chi connectivity index (χ1v) is 9.47. The fraction of sp³-hybridized carbons (Fsp3) is 0.400. The molecule has 1 aromatic heterocycles. The molecule has 0 aliphatic carbocycles. The lowest BCUT2D eigenvalue weighted by Crippen LogP contribution is -2.38. The monoisotopic (exact) mass is 374 g/mol. The quantitative estimate of drug-likeness (QED) is 0.719. The molecule has 1 atom stereocenters. The first-order chi connectivity index (χ1) is 12.4. The van der Waals surface area contributed by atoms with Crippen LogP contribution in [0.2, 0.25) is 0 Å². The second-order valence-corrected chi connectivity index (χ2v) is 7.64. The lowest BCUT2D eigenvalue weighted by Gasteiger charge is -2.23. The number of hydrogen-bond acceptors (Lipinski definition) is 5. The average molecular weight is 375 g/mol. The Morgan fingerprint density at radius 2 is 1.88 bits per heavy atom. The van der Waals surface area contributed by atoms with Crippen molar-refractivity contribution in [2.24, 2.45) is 5.92 Å².